The third-order valence-electron chi connectivity index (χ3n) is 1.49. The fourth-order valence-corrected chi connectivity index (χ4v) is 1.06. The van der Waals surface area contributed by atoms with E-state index in [9.17, 15) is 10.2 Å². The second-order valence-electron chi connectivity index (χ2n) is 4.42. The Bertz CT molecular complexity index is 91.4. The molecule has 0 bridgehead atoms. The van der Waals surface area contributed by atoms with Crippen LogP contribution < -0.4 is 0 Å². The second kappa shape index (κ2) is 2.51. The predicted octanol–water partition coefficient (Wildman–Crippen LogP) is 1.16. The average molecular weight is 146 g/mol. The lowest BCUT2D eigenvalue weighted by atomic mass is 9.80. The molecule has 0 rings (SSSR count). The Morgan fingerprint density at radius 2 is 1.30 bits per heavy atom. The van der Waals surface area contributed by atoms with Crippen LogP contribution in [0.25, 0.3) is 0 Å². The molecule has 2 heteroatoms. The summed E-state index contributed by atoms with van der Waals surface area (Å²) in [5.74, 6) is 0. The molecule has 0 aliphatic rings. The fraction of sp³-hybridized carbons (Fsp3) is 1.00. The lowest BCUT2D eigenvalue weighted by Crippen LogP contribution is -2.44. The highest BCUT2D eigenvalue weighted by Crippen LogP contribution is 2.27. The highest BCUT2D eigenvalue weighted by Gasteiger charge is 2.34. The van der Waals surface area contributed by atoms with Gasteiger partial charge in [-0.15, -0.1) is 0 Å². The molecule has 0 unspecified atom stereocenters. The average Bonchev–Trinajstić information content (AvgIpc) is 1.59. The van der Waals surface area contributed by atoms with Gasteiger partial charge in [-0.05, 0) is 19.3 Å². The minimum atomic E-state index is -1.00. The van der Waals surface area contributed by atoms with Crippen LogP contribution in [0.3, 0.4) is 0 Å². The molecule has 1 atom stereocenters. The summed E-state index contributed by atoms with van der Waals surface area (Å²) >= 11 is 0. The van der Waals surface area contributed by atoms with Gasteiger partial charge in [0.15, 0.2) is 0 Å². The Balaban J connectivity index is 4.23. The zero-order valence-electron chi connectivity index (χ0n) is 7.47. The molecule has 0 aromatic rings. The highest BCUT2D eigenvalue weighted by molar-refractivity contribution is 4.85. The largest absolute Gasteiger partial charge is 0.390 e. The quantitative estimate of drug-likeness (QED) is 0.583. The van der Waals surface area contributed by atoms with Crippen LogP contribution in [0.1, 0.15) is 34.6 Å². The van der Waals surface area contributed by atoms with Gasteiger partial charge in [0.25, 0.3) is 0 Å². The zero-order valence-corrected chi connectivity index (χ0v) is 7.47. The summed E-state index contributed by atoms with van der Waals surface area (Å²) in [6.45, 7) is 8.92. The lowest BCUT2D eigenvalue weighted by molar-refractivity contribution is -0.0982. The van der Waals surface area contributed by atoms with E-state index in [0.29, 0.717) is 0 Å². The van der Waals surface area contributed by atoms with Crippen LogP contribution in [0.2, 0.25) is 0 Å². The molecule has 0 amide bonds. The van der Waals surface area contributed by atoms with Crippen molar-refractivity contribution in [3.8, 4) is 0 Å². The minimum Gasteiger partial charge on any atom is -0.390 e. The molecule has 0 spiro atoms. The SMILES string of the molecule is CC(C)(C)[C@H](O)C(C)(C)O. The van der Waals surface area contributed by atoms with Crippen molar-refractivity contribution in [1.29, 1.82) is 0 Å². The molecule has 0 heterocycles. The Labute approximate surface area is 62.9 Å². The van der Waals surface area contributed by atoms with Crippen LogP contribution in [-0.4, -0.2) is 21.9 Å². The molecule has 0 aliphatic heterocycles. The van der Waals surface area contributed by atoms with Gasteiger partial charge in [-0.3, -0.25) is 0 Å². The summed E-state index contributed by atoms with van der Waals surface area (Å²) in [6, 6.07) is 0. The fourth-order valence-electron chi connectivity index (χ4n) is 1.06. The summed E-state index contributed by atoms with van der Waals surface area (Å²) in [6.07, 6.45) is -0.681. The molecule has 0 fully saturated rings. The Hall–Kier alpha value is -0.0800. The van der Waals surface area contributed by atoms with Gasteiger partial charge in [0.05, 0.1) is 11.7 Å². The summed E-state index contributed by atoms with van der Waals surface area (Å²) in [4.78, 5) is 0. The third kappa shape index (κ3) is 2.67. The number of rotatable bonds is 1. The summed E-state index contributed by atoms with van der Waals surface area (Å²) in [5.41, 5.74) is -1.25. The first-order valence-electron chi connectivity index (χ1n) is 3.56. The number of hydrogen-bond donors (Lipinski definition) is 2. The van der Waals surface area contributed by atoms with Crippen LogP contribution >= 0.6 is 0 Å². The van der Waals surface area contributed by atoms with Gasteiger partial charge < -0.3 is 10.2 Å². The predicted molar refractivity (Wildman–Crippen MR) is 41.8 cm³/mol. The second-order valence-corrected chi connectivity index (χ2v) is 4.42. The van der Waals surface area contributed by atoms with Gasteiger partial charge in [-0.1, -0.05) is 20.8 Å². The maximum absolute atomic E-state index is 9.47. The monoisotopic (exact) mass is 146 g/mol. The van der Waals surface area contributed by atoms with Gasteiger partial charge >= 0.3 is 0 Å². The van der Waals surface area contributed by atoms with Crippen molar-refractivity contribution in [3.63, 3.8) is 0 Å². The molecular formula is C8H18O2. The van der Waals surface area contributed by atoms with E-state index in [-0.39, 0.29) is 5.41 Å². The Morgan fingerprint density at radius 1 is 1.00 bits per heavy atom. The van der Waals surface area contributed by atoms with Gasteiger partial charge in [-0.25, -0.2) is 0 Å². The van der Waals surface area contributed by atoms with E-state index in [4.69, 9.17) is 0 Å². The zero-order chi connectivity index (χ0) is 8.58. The highest BCUT2D eigenvalue weighted by atomic mass is 16.3. The summed E-state index contributed by atoms with van der Waals surface area (Å²) in [7, 11) is 0. The van der Waals surface area contributed by atoms with Gasteiger partial charge in [0.1, 0.15) is 0 Å². The molecular weight excluding hydrogens is 128 g/mol. The first kappa shape index (κ1) is 9.92. The van der Waals surface area contributed by atoms with E-state index < -0.39 is 11.7 Å². The van der Waals surface area contributed by atoms with Crippen LogP contribution in [0.5, 0.6) is 0 Å². The molecule has 0 saturated heterocycles. The van der Waals surface area contributed by atoms with Crippen LogP contribution in [-0.2, 0) is 0 Å². The molecule has 62 valence electrons. The van der Waals surface area contributed by atoms with Crippen LogP contribution in [0.15, 0.2) is 0 Å². The van der Waals surface area contributed by atoms with Crippen molar-refractivity contribution < 1.29 is 10.2 Å². The van der Waals surface area contributed by atoms with E-state index in [1.54, 1.807) is 13.8 Å². The van der Waals surface area contributed by atoms with Crippen molar-refractivity contribution in [2.75, 3.05) is 0 Å². The molecule has 0 radical (unpaired) electrons. The number of aliphatic hydroxyl groups excluding tert-OH is 1. The van der Waals surface area contributed by atoms with Crippen molar-refractivity contribution in [3.05, 3.63) is 0 Å². The van der Waals surface area contributed by atoms with Gasteiger partial charge in [-0.2, -0.15) is 0 Å². The molecule has 0 aliphatic carbocycles. The van der Waals surface area contributed by atoms with E-state index >= 15 is 0 Å². The van der Waals surface area contributed by atoms with Gasteiger partial charge in [0.2, 0.25) is 0 Å². The maximum Gasteiger partial charge on any atom is 0.0869 e. The van der Waals surface area contributed by atoms with Crippen LogP contribution in [0, 0.1) is 5.41 Å². The first-order chi connectivity index (χ1) is 4.15. The molecule has 0 aromatic carbocycles. The first-order valence-corrected chi connectivity index (χ1v) is 3.56. The third-order valence-corrected chi connectivity index (χ3v) is 1.49. The molecule has 10 heavy (non-hydrogen) atoms. The number of aliphatic hydroxyl groups is 2. The smallest absolute Gasteiger partial charge is 0.0869 e. The number of hydrogen-bond acceptors (Lipinski definition) is 2. The van der Waals surface area contributed by atoms with Crippen molar-refractivity contribution in [2.45, 2.75) is 46.3 Å². The summed E-state index contributed by atoms with van der Waals surface area (Å²) < 4.78 is 0. The van der Waals surface area contributed by atoms with E-state index in [1.165, 1.54) is 0 Å². The Kier molecular flexibility index (Phi) is 2.49. The lowest BCUT2D eigenvalue weighted by Gasteiger charge is -2.34. The van der Waals surface area contributed by atoms with E-state index in [1.807, 2.05) is 20.8 Å². The molecule has 2 nitrogen and oxygen atoms in total. The van der Waals surface area contributed by atoms with Crippen LogP contribution in [0.4, 0.5) is 0 Å². The molecule has 0 aromatic heterocycles. The molecule has 0 saturated carbocycles. The van der Waals surface area contributed by atoms with Crippen molar-refractivity contribution >= 4 is 0 Å². The minimum absolute atomic E-state index is 0.252. The van der Waals surface area contributed by atoms with Crippen molar-refractivity contribution in [2.24, 2.45) is 5.41 Å². The molecule has 2 N–H and O–H groups in total. The van der Waals surface area contributed by atoms with E-state index in [2.05, 4.69) is 0 Å². The van der Waals surface area contributed by atoms with Crippen molar-refractivity contribution in [1.82, 2.24) is 0 Å². The summed E-state index contributed by atoms with van der Waals surface area (Å²) in [5, 5.41) is 18.8. The maximum atomic E-state index is 9.47. The Morgan fingerprint density at radius 3 is 1.30 bits per heavy atom. The topological polar surface area (TPSA) is 40.5 Å². The standard InChI is InChI=1S/C8H18O2/c1-7(2,3)6(9)8(4,5)10/h6,9-10H,1-5H3/t6-/m0/s1. The van der Waals surface area contributed by atoms with Gasteiger partial charge in [0, 0.05) is 0 Å². The van der Waals surface area contributed by atoms with E-state index in [0.717, 1.165) is 0 Å². The normalized spacial score (nSPS) is 17.1.